The monoisotopic (exact) mass is 542 g/mol. The van der Waals surface area contributed by atoms with Crippen molar-refractivity contribution in [2.24, 2.45) is 5.73 Å². The van der Waals surface area contributed by atoms with Crippen molar-refractivity contribution in [3.05, 3.63) is 89.2 Å². The highest BCUT2D eigenvalue weighted by Crippen LogP contribution is 2.34. The normalized spacial score (nSPS) is 17.7. The van der Waals surface area contributed by atoms with Crippen molar-refractivity contribution < 1.29 is 23.4 Å². The SMILES string of the molecule is CCOC(=O)Cc1ccccc1OCc1coc2c(CN3C[C@@H](C)O[C@@H](C)C3)cc(-c3cccc(CN)c3)cc12. The minimum atomic E-state index is -0.270. The average Bonchev–Trinajstić information content (AvgIpc) is 3.35. The molecule has 2 atom stereocenters. The van der Waals surface area contributed by atoms with Gasteiger partial charge in [-0.1, -0.05) is 36.4 Å². The van der Waals surface area contributed by atoms with Crippen LogP contribution in [-0.4, -0.2) is 42.8 Å². The number of para-hydroxylation sites is 1. The first kappa shape index (κ1) is 27.9. The van der Waals surface area contributed by atoms with Crippen LogP contribution in [0.25, 0.3) is 22.1 Å². The standard InChI is InChI=1S/C33H38N2O5/c1-4-37-32(36)15-26-9-5-6-11-31(26)38-20-29-21-39-33-28(19-35-17-22(2)40-23(3)18-35)13-27(14-30(29)33)25-10-7-8-24(12-25)16-34/h5-14,21-23H,4,15-20,34H2,1-3H3/t22-,23+. The molecule has 2 heterocycles. The number of morpholine rings is 1. The van der Waals surface area contributed by atoms with Crippen molar-refractivity contribution >= 4 is 16.9 Å². The molecule has 4 aromatic rings. The van der Waals surface area contributed by atoms with Gasteiger partial charge in [0.05, 0.1) is 31.5 Å². The molecule has 0 amide bonds. The Labute approximate surface area is 235 Å². The highest BCUT2D eigenvalue weighted by molar-refractivity contribution is 5.89. The first-order valence-corrected chi connectivity index (χ1v) is 14.0. The molecule has 0 spiro atoms. The molecule has 2 N–H and O–H groups in total. The summed E-state index contributed by atoms with van der Waals surface area (Å²) in [6, 6.07) is 20.3. The van der Waals surface area contributed by atoms with Crippen LogP contribution in [0.4, 0.5) is 0 Å². The van der Waals surface area contributed by atoms with Gasteiger partial charge in [0.25, 0.3) is 0 Å². The molecular formula is C33H38N2O5. The number of carbonyl (C=O) groups is 1. The van der Waals surface area contributed by atoms with E-state index in [1.807, 2.05) is 36.4 Å². The number of nitrogens with zero attached hydrogens (tertiary/aromatic N) is 1. The van der Waals surface area contributed by atoms with E-state index in [-0.39, 0.29) is 24.6 Å². The van der Waals surface area contributed by atoms with E-state index >= 15 is 0 Å². The molecule has 1 aromatic heterocycles. The molecule has 40 heavy (non-hydrogen) atoms. The Morgan fingerprint density at radius 2 is 1.77 bits per heavy atom. The van der Waals surface area contributed by atoms with Crippen LogP contribution in [0.3, 0.4) is 0 Å². The van der Waals surface area contributed by atoms with E-state index < -0.39 is 0 Å². The lowest BCUT2D eigenvalue weighted by Gasteiger charge is -2.35. The van der Waals surface area contributed by atoms with Crippen molar-refractivity contribution in [3.8, 4) is 16.9 Å². The third kappa shape index (κ3) is 6.55. The number of hydrogen-bond acceptors (Lipinski definition) is 7. The molecule has 0 unspecified atom stereocenters. The molecular weight excluding hydrogens is 504 g/mol. The number of nitrogens with two attached hydrogens (primary N) is 1. The first-order valence-electron chi connectivity index (χ1n) is 14.0. The second-order valence-electron chi connectivity index (χ2n) is 10.5. The van der Waals surface area contributed by atoms with Crippen LogP contribution in [0.5, 0.6) is 5.75 Å². The largest absolute Gasteiger partial charge is 0.488 e. The zero-order chi connectivity index (χ0) is 28.1. The van der Waals surface area contributed by atoms with Crippen LogP contribution < -0.4 is 10.5 Å². The van der Waals surface area contributed by atoms with Gasteiger partial charge in [0.1, 0.15) is 17.9 Å². The minimum absolute atomic E-state index is 0.165. The highest BCUT2D eigenvalue weighted by atomic mass is 16.5. The summed E-state index contributed by atoms with van der Waals surface area (Å²) in [4.78, 5) is 14.5. The molecule has 7 nitrogen and oxygen atoms in total. The number of benzene rings is 3. The summed E-state index contributed by atoms with van der Waals surface area (Å²) >= 11 is 0. The number of esters is 1. The maximum absolute atomic E-state index is 12.1. The predicted molar refractivity (Wildman–Crippen MR) is 156 cm³/mol. The van der Waals surface area contributed by atoms with Gasteiger partial charge in [0.2, 0.25) is 0 Å². The Balaban J connectivity index is 1.48. The van der Waals surface area contributed by atoms with Crippen LogP contribution in [0.15, 0.2) is 71.3 Å². The third-order valence-electron chi connectivity index (χ3n) is 7.21. The van der Waals surface area contributed by atoms with Gasteiger partial charge in [-0.05, 0) is 61.7 Å². The molecule has 210 valence electrons. The molecule has 0 radical (unpaired) electrons. The number of ether oxygens (including phenoxy) is 3. The third-order valence-corrected chi connectivity index (χ3v) is 7.21. The Hall–Kier alpha value is -3.65. The molecule has 0 bridgehead atoms. The summed E-state index contributed by atoms with van der Waals surface area (Å²) in [7, 11) is 0. The van der Waals surface area contributed by atoms with Crippen LogP contribution in [0.2, 0.25) is 0 Å². The van der Waals surface area contributed by atoms with Gasteiger partial charge in [-0.2, -0.15) is 0 Å². The molecule has 1 fully saturated rings. The number of fused-ring (bicyclic) bond motifs is 1. The number of furan rings is 1. The maximum atomic E-state index is 12.1. The fourth-order valence-electron chi connectivity index (χ4n) is 5.50. The summed E-state index contributed by atoms with van der Waals surface area (Å²) in [6.45, 7) is 9.69. The van der Waals surface area contributed by atoms with Crippen LogP contribution in [0, 0.1) is 0 Å². The Kier molecular flexibility index (Phi) is 8.85. The second-order valence-corrected chi connectivity index (χ2v) is 10.5. The molecule has 1 saturated heterocycles. The smallest absolute Gasteiger partial charge is 0.310 e. The topological polar surface area (TPSA) is 87.2 Å². The Morgan fingerprint density at radius 1 is 0.975 bits per heavy atom. The summed E-state index contributed by atoms with van der Waals surface area (Å²) in [6.07, 6.45) is 2.31. The van der Waals surface area contributed by atoms with Crippen molar-refractivity contribution in [3.63, 3.8) is 0 Å². The van der Waals surface area contributed by atoms with E-state index in [9.17, 15) is 4.79 Å². The molecule has 1 aliphatic rings. The van der Waals surface area contributed by atoms with Crippen molar-refractivity contribution in [2.45, 2.75) is 59.1 Å². The van der Waals surface area contributed by atoms with Crippen LogP contribution in [-0.2, 0) is 40.4 Å². The minimum Gasteiger partial charge on any atom is -0.488 e. The van der Waals surface area contributed by atoms with Crippen molar-refractivity contribution in [1.29, 1.82) is 0 Å². The van der Waals surface area contributed by atoms with Gasteiger partial charge < -0.3 is 24.4 Å². The molecule has 5 rings (SSSR count). The summed E-state index contributed by atoms with van der Waals surface area (Å²) in [5.74, 6) is 0.390. The number of hydrogen-bond donors (Lipinski definition) is 1. The zero-order valence-electron chi connectivity index (χ0n) is 23.5. The molecule has 3 aromatic carbocycles. The average molecular weight is 543 g/mol. The summed E-state index contributed by atoms with van der Waals surface area (Å²) in [5, 5.41) is 1.02. The number of rotatable bonds is 10. The van der Waals surface area contributed by atoms with Gasteiger partial charge in [0, 0.05) is 48.3 Å². The first-order chi connectivity index (χ1) is 19.4. The lowest BCUT2D eigenvalue weighted by molar-refractivity contribution is -0.142. The molecule has 7 heteroatoms. The lowest BCUT2D eigenvalue weighted by Crippen LogP contribution is -2.44. The van der Waals surface area contributed by atoms with E-state index in [2.05, 4.69) is 43.0 Å². The second kappa shape index (κ2) is 12.7. The van der Waals surface area contributed by atoms with Crippen LogP contribution >= 0.6 is 0 Å². The summed E-state index contributed by atoms with van der Waals surface area (Å²) in [5.41, 5.74) is 13.0. The van der Waals surface area contributed by atoms with Crippen LogP contribution in [0.1, 0.15) is 43.0 Å². The molecule has 0 aliphatic carbocycles. The molecule has 1 aliphatic heterocycles. The maximum Gasteiger partial charge on any atom is 0.310 e. The Morgan fingerprint density at radius 3 is 2.55 bits per heavy atom. The summed E-state index contributed by atoms with van der Waals surface area (Å²) < 4.78 is 23.6. The quantitative estimate of drug-likeness (QED) is 0.252. The van der Waals surface area contributed by atoms with Gasteiger partial charge in [0.15, 0.2) is 0 Å². The fraction of sp³-hybridized carbons (Fsp3) is 0.364. The lowest BCUT2D eigenvalue weighted by atomic mass is 9.97. The van der Waals surface area contributed by atoms with Gasteiger partial charge in [-0.25, -0.2) is 0 Å². The predicted octanol–water partition coefficient (Wildman–Crippen LogP) is 5.85. The van der Waals surface area contributed by atoms with Crippen molar-refractivity contribution in [1.82, 2.24) is 4.90 Å². The molecule has 0 saturated carbocycles. The number of carbonyl (C=O) groups excluding carboxylic acids is 1. The van der Waals surface area contributed by atoms with Gasteiger partial charge in [-0.15, -0.1) is 0 Å². The Bertz CT molecular complexity index is 1450. The van der Waals surface area contributed by atoms with E-state index in [0.29, 0.717) is 25.5 Å². The van der Waals surface area contributed by atoms with E-state index in [4.69, 9.17) is 24.4 Å². The highest BCUT2D eigenvalue weighted by Gasteiger charge is 2.24. The van der Waals surface area contributed by atoms with Gasteiger partial charge >= 0.3 is 5.97 Å². The zero-order valence-corrected chi connectivity index (χ0v) is 23.5. The van der Waals surface area contributed by atoms with Crippen molar-refractivity contribution in [2.75, 3.05) is 19.7 Å². The van der Waals surface area contributed by atoms with E-state index in [1.165, 1.54) is 0 Å². The van der Waals surface area contributed by atoms with E-state index in [0.717, 1.165) is 64.0 Å². The van der Waals surface area contributed by atoms with Gasteiger partial charge in [-0.3, -0.25) is 9.69 Å². The van der Waals surface area contributed by atoms with E-state index in [1.54, 1.807) is 13.2 Å². The fourth-order valence-corrected chi connectivity index (χ4v) is 5.50.